The molecule has 0 fully saturated rings. The molecule has 0 saturated carbocycles. The number of aromatic nitrogens is 2. The molecule has 0 aliphatic rings. The Morgan fingerprint density at radius 1 is 0.525 bits per heavy atom. The summed E-state index contributed by atoms with van der Waals surface area (Å²) < 4.78 is 12.8. The van der Waals surface area contributed by atoms with Crippen LogP contribution in [-0.2, 0) is 0 Å². The molecule has 0 N–H and O–H groups in total. The summed E-state index contributed by atoms with van der Waals surface area (Å²) in [6.45, 7) is 5.92. The normalized spacial score (nSPS) is 11.4. The van der Waals surface area contributed by atoms with Crippen molar-refractivity contribution >= 4 is 24.3 Å². The molecular weight excluding hydrogens is 492 g/mol. The molecule has 0 spiro atoms. The van der Waals surface area contributed by atoms with E-state index in [0.717, 1.165) is 46.9 Å². The Bertz CT molecular complexity index is 1040. The lowest BCUT2D eigenvalue weighted by Crippen LogP contribution is -2.03. The quantitative estimate of drug-likeness (QED) is 0.134. The van der Waals surface area contributed by atoms with Crippen LogP contribution in [0.1, 0.15) is 113 Å². The molecule has 0 unspecified atom stereocenters. The minimum atomic E-state index is 0.706. The number of pyridine rings is 2. The smallest absolute Gasteiger partial charge is 0.127 e. The molecule has 0 aliphatic heterocycles. The number of hydrogen-bond donors (Lipinski definition) is 0. The van der Waals surface area contributed by atoms with E-state index in [-0.39, 0.29) is 0 Å². The molecule has 3 rings (SSSR count). The van der Waals surface area contributed by atoms with Gasteiger partial charge in [-0.3, -0.25) is 9.97 Å². The fraction of sp³-hybridized carbons (Fsp3) is 0.444. The van der Waals surface area contributed by atoms with Crippen molar-refractivity contribution in [3.8, 4) is 11.5 Å². The fourth-order valence-electron chi connectivity index (χ4n) is 4.53. The van der Waals surface area contributed by atoms with Crippen molar-refractivity contribution in [2.75, 3.05) is 13.2 Å². The van der Waals surface area contributed by atoms with E-state index in [1.807, 2.05) is 60.9 Å². The van der Waals surface area contributed by atoms with Crippen LogP contribution in [0, 0.1) is 0 Å². The maximum atomic E-state index is 6.38. The topological polar surface area (TPSA) is 44.2 Å². The first-order valence-electron chi connectivity index (χ1n) is 15.4. The fourth-order valence-corrected chi connectivity index (χ4v) is 4.53. The van der Waals surface area contributed by atoms with E-state index in [1.54, 1.807) is 0 Å². The van der Waals surface area contributed by atoms with Gasteiger partial charge in [0.15, 0.2) is 0 Å². The molecule has 3 aromatic rings. The first kappa shape index (κ1) is 31.1. The summed E-state index contributed by atoms with van der Waals surface area (Å²) in [6, 6.07) is 16.1. The number of ether oxygens (including phenoxy) is 2. The minimum absolute atomic E-state index is 0.706. The molecule has 0 aliphatic carbocycles. The number of rotatable bonds is 20. The highest BCUT2D eigenvalue weighted by molar-refractivity contribution is 5.78. The molecule has 4 heteroatoms. The van der Waals surface area contributed by atoms with Crippen molar-refractivity contribution in [3.63, 3.8) is 0 Å². The van der Waals surface area contributed by atoms with E-state index in [9.17, 15) is 0 Å². The lowest BCUT2D eigenvalue weighted by atomic mass is 10.1. The molecule has 0 amide bonds. The van der Waals surface area contributed by atoms with Gasteiger partial charge in [0.1, 0.15) is 11.5 Å². The van der Waals surface area contributed by atoms with Crippen LogP contribution in [-0.4, -0.2) is 23.2 Å². The van der Waals surface area contributed by atoms with Crippen molar-refractivity contribution in [1.29, 1.82) is 0 Å². The second-order valence-electron chi connectivity index (χ2n) is 10.3. The minimum Gasteiger partial charge on any atom is -0.493 e. The molecule has 4 nitrogen and oxygen atoms in total. The maximum Gasteiger partial charge on any atom is 0.127 e. The number of unbranched alkanes of at least 4 members (excludes halogenated alkanes) is 10. The second kappa shape index (κ2) is 19.6. The van der Waals surface area contributed by atoms with Gasteiger partial charge in [-0.15, -0.1) is 0 Å². The highest BCUT2D eigenvalue weighted by Gasteiger charge is 2.11. The summed E-state index contributed by atoms with van der Waals surface area (Å²) in [6.07, 6.45) is 26.7. The second-order valence-corrected chi connectivity index (χ2v) is 10.3. The van der Waals surface area contributed by atoms with Crippen LogP contribution in [0.25, 0.3) is 24.3 Å². The monoisotopic (exact) mass is 540 g/mol. The van der Waals surface area contributed by atoms with Crippen molar-refractivity contribution in [2.24, 2.45) is 0 Å². The standard InChI is InChI=1S/C36H48N2O2/c1-3-5-7-9-11-17-27-39-35-29-32(22-24-34-20-14-16-26-38-34)36(40-28-18-12-10-8-6-4-2)30-31(35)21-23-33-19-13-15-25-37-33/h13-16,19-26,29-30H,3-12,17-18,27-28H2,1-2H3/b23-21+,24-22+. The first-order valence-corrected chi connectivity index (χ1v) is 15.4. The van der Waals surface area contributed by atoms with E-state index in [2.05, 4.69) is 48.1 Å². The third kappa shape index (κ3) is 12.2. The summed E-state index contributed by atoms with van der Waals surface area (Å²) >= 11 is 0. The molecule has 214 valence electrons. The lowest BCUT2D eigenvalue weighted by molar-refractivity contribution is 0.295. The molecule has 0 bridgehead atoms. The number of nitrogens with zero attached hydrogens (tertiary/aromatic N) is 2. The van der Waals surface area contributed by atoms with Crippen LogP contribution in [0.4, 0.5) is 0 Å². The Hall–Kier alpha value is -3.40. The molecule has 1 aromatic carbocycles. The van der Waals surface area contributed by atoms with Gasteiger partial charge in [0.25, 0.3) is 0 Å². The van der Waals surface area contributed by atoms with E-state index in [0.29, 0.717) is 13.2 Å². The highest BCUT2D eigenvalue weighted by atomic mass is 16.5. The molecule has 40 heavy (non-hydrogen) atoms. The Kier molecular flexibility index (Phi) is 15.3. The first-order chi connectivity index (χ1) is 19.8. The number of benzene rings is 1. The zero-order valence-corrected chi connectivity index (χ0v) is 24.7. The van der Waals surface area contributed by atoms with E-state index in [1.165, 1.54) is 64.2 Å². The van der Waals surface area contributed by atoms with Crippen LogP contribution in [0.2, 0.25) is 0 Å². The van der Waals surface area contributed by atoms with Crippen LogP contribution < -0.4 is 9.47 Å². The average molecular weight is 541 g/mol. The van der Waals surface area contributed by atoms with Crippen LogP contribution in [0.5, 0.6) is 11.5 Å². The third-order valence-corrected chi connectivity index (χ3v) is 6.90. The maximum absolute atomic E-state index is 6.38. The van der Waals surface area contributed by atoms with Crippen molar-refractivity contribution in [3.05, 3.63) is 83.4 Å². The lowest BCUT2D eigenvalue weighted by Gasteiger charge is -2.15. The molecule has 2 heterocycles. The summed E-state index contributed by atoms with van der Waals surface area (Å²) in [4.78, 5) is 8.90. The zero-order valence-electron chi connectivity index (χ0n) is 24.7. The van der Waals surface area contributed by atoms with Gasteiger partial charge >= 0.3 is 0 Å². The van der Waals surface area contributed by atoms with Crippen molar-refractivity contribution < 1.29 is 9.47 Å². The van der Waals surface area contributed by atoms with Gasteiger partial charge in [-0.1, -0.05) is 90.2 Å². The summed E-state index contributed by atoms with van der Waals surface area (Å²) in [5, 5.41) is 0. The Labute approximate surface area is 242 Å². The SMILES string of the molecule is CCCCCCCCOc1cc(/C=C/c2ccccn2)c(OCCCCCCCC)cc1/C=C/c1ccccn1. The molecule has 0 radical (unpaired) electrons. The number of hydrogen-bond acceptors (Lipinski definition) is 4. The van der Waals surface area contributed by atoms with E-state index in [4.69, 9.17) is 9.47 Å². The van der Waals surface area contributed by atoms with E-state index < -0.39 is 0 Å². The van der Waals surface area contributed by atoms with Crippen LogP contribution in [0.15, 0.2) is 60.9 Å². The Balaban J connectivity index is 1.80. The summed E-state index contributed by atoms with van der Waals surface area (Å²) in [5.74, 6) is 1.74. The zero-order chi connectivity index (χ0) is 28.1. The third-order valence-electron chi connectivity index (χ3n) is 6.90. The summed E-state index contributed by atoms with van der Waals surface area (Å²) in [7, 11) is 0. The Morgan fingerprint density at radius 2 is 0.950 bits per heavy atom. The molecule has 2 aromatic heterocycles. The predicted molar refractivity (Wildman–Crippen MR) is 171 cm³/mol. The Morgan fingerprint density at radius 3 is 1.35 bits per heavy atom. The van der Waals surface area contributed by atoms with Gasteiger partial charge in [-0.2, -0.15) is 0 Å². The van der Waals surface area contributed by atoms with Gasteiger partial charge in [0.2, 0.25) is 0 Å². The predicted octanol–water partition coefficient (Wildman–Crippen LogP) is 10.3. The van der Waals surface area contributed by atoms with E-state index >= 15 is 0 Å². The van der Waals surface area contributed by atoms with Crippen LogP contribution in [0.3, 0.4) is 0 Å². The van der Waals surface area contributed by atoms with Gasteiger partial charge in [0, 0.05) is 23.5 Å². The molecular formula is C36H48N2O2. The van der Waals surface area contributed by atoms with Gasteiger partial charge < -0.3 is 9.47 Å². The van der Waals surface area contributed by atoms with Gasteiger partial charge in [0.05, 0.1) is 24.6 Å². The molecule has 0 saturated heterocycles. The van der Waals surface area contributed by atoms with Gasteiger partial charge in [-0.05, 0) is 73.5 Å². The average Bonchev–Trinajstić information content (AvgIpc) is 3.00. The highest BCUT2D eigenvalue weighted by Crippen LogP contribution is 2.32. The van der Waals surface area contributed by atoms with Crippen molar-refractivity contribution in [2.45, 2.75) is 90.9 Å². The van der Waals surface area contributed by atoms with Crippen molar-refractivity contribution in [1.82, 2.24) is 9.97 Å². The summed E-state index contributed by atoms with van der Waals surface area (Å²) in [5.41, 5.74) is 3.84. The van der Waals surface area contributed by atoms with Crippen LogP contribution >= 0.6 is 0 Å². The molecule has 0 atom stereocenters. The largest absolute Gasteiger partial charge is 0.493 e. The van der Waals surface area contributed by atoms with Gasteiger partial charge in [-0.25, -0.2) is 0 Å².